The normalized spacial score (nSPS) is 15.9. The SMILES string of the molecule is C=C/C=C\C=C\CC(C#N)CC/C=C\CCCCC(C)CCC(C)C(C)CC/C=C\C=C. The number of hydrogen-bond acceptors (Lipinski definition) is 1. The standard InChI is InChI=1S/C31H49N/c1-6-8-10-14-19-23-31(27-32)24-20-16-13-12-15-17-21-28(3)25-26-30(5)29(4)22-18-11-9-7-2/h6-11,13-14,16,19,28-31H,1-2,12,15,17-18,20-26H2,3-5H3/b10-8-,11-9-,16-13-,19-14+. The van der Waals surface area contributed by atoms with E-state index in [1.165, 1.54) is 51.4 Å². The van der Waals surface area contributed by atoms with Gasteiger partial charge in [-0.2, -0.15) is 5.26 Å². The molecular weight excluding hydrogens is 386 g/mol. The van der Waals surface area contributed by atoms with Crippen LogP contribution >= 0.6 is 0 Å². The second-order valence-corrected chi connectivity index (χ2v) is 9.32. The van der Waals surface area contributed by atoms with Gasteiger partial charge in [-0.3, -0.25) is 0 Å². The monoisotopic (exact) mass is 435 g/mol. The summed E-state index contributed by atoms with van der Waals surface area (Å²) in [6, 6.07) is 2.42. The first kappa shape index (κ1) is 29.9. The van der Waals surface area contributed by atoms with Crippen LogP contribution in [0.3, 0.4) is 0 Å². The summed E-state index contributed by atoms with van der Waals surface area (Å²) in [5, 5.41) is 9.27. The number of rotatable bonds is 20. The fraction of sp³-hybridized carbons (Fsp3) is 0.581. The van der Waals surface area contributed by atoms with Gasteiger partial charge in [0.25, 0.3) is 0 Å². The minimum atomic E-state index is 0.114. The molecule has 0 aromatic carbocycles. The summed E-state index contributed by atoms with van der Waals surface area (Å²) >= 11 is 0. The summed E-state index contributed by atoms with van der Waals surface area (Å²) in [4.78, 5) is 0. The smallest absolute Gasteiger partial charge is 0.0659 e. The third-order valence-corrected chi connectivity index (χ3v) is 6.41. The highest BCUT2D eigenvalue weighted by atomic mass is 14.3. The molecule has 0 fully saturated rings. The van der Waals surface area contributed by atoms with Crippen LogP contribution in [0.4, 0.5) is 0 Å². The van der Waals surface area contributed by atoms with Gasteiger partial charge in [-0.15, -0.1) is 0 Å². The first-order valence-electron chi connectivity index (χ1n) is 12.8. The molecule has 0 amide bonds. The Labute approximate surface area is 200 Å². The molecule has 32 heavy (non-hydrogen) atoms. The summed E-state index contributed by atoms with van der Waals surface area (Å²) in [6.07, 6.45) is 33.5. The van der Waals surface area contributed by atoms with Crippen LogP contribution in [0.25, 0.3) is 0 Å². The second kappa shape index (κ2) is 22.1. The second-order valence-electron chi connectivity index (χ2n) is 9.32. The molecule has 0 N–H and O–H groups in total. The minimum absolute atomic E-state index is 0.114. The van der Waals surface area contributed by atoms with Gasteiger partial charge in [0.15, 0.2) is 0 Å². The zero-order chi connectivity index (χ0) is 23.9. The van der Waals surface area contributed by atoms with Gasteiger partial charge in [0.1, 0.15) is 0 Å². The Bertz CT molecular complexity index is 613. The van der Waals surface area contributed by atoms with Crippen LogP contribution in [0, 0.1) is 35.0 Å². The van der Waals surface area contributed by atoms with E-state index in [-0.39, 0.29) is 5.92 Å². The molecule has 4 unspecified atom stereocenters. The van der Waals surface area contributed by atoms with Crippen molar-refractivity contribution in [2.45, 2.75) is 91.4 Å². The summed E-state index contributed by atoms with van der Waals surface area (Å²) in [6.45, 7) is 14.6. The predicted molar refractivity (Wildman–Crippen MR) is 144 cm³/mol. The average molecular weight is 436 g/mol. The number of unbranched alkanes of at least 4 members (excludes halogenated alkanes) is 2. The molecule has 0 bridgehead atoms. The lowest BCUT2D eigenvalue weighted by Crippen LogP contribution is -2.09. The van der Waals surface area contributed by atoms with E-state index in [0.717, 1.165) is 37.0 Å². The van der Waals surface area contributed by atoms with Gasteiger partial charge in [-0.25, -0.2) is 0 Å². The Morgan fingerprint density at radius 2 is 1.34 bits per heavy atom. The zero-order valence-electron chi connectivity index (χ0n) is 21.2. The van der Waals surface area contributed by atoms with Crippen LogP contribution in [-0.2, 0) is 0 Å². The van der Waals surface area contributed by atoms with Gasteiger partial charge in [-0.05, 0) is 62.7 Å². The molecular formula is C31H49N. The van der Waals surface area contributed by atoms with E-state index in [9.17, 15) is 5.26 Å². The van der Waals surface area contributed by atoms with E-state index < -0.39 is 0 Å². The molecule has 1 nitrogen and oxygen atoms in total. The molecule has 0 aromatic rings. The summed E-state index contributed by atoms with van der Waals surface area (Å²) in [7, 11) is 0. The van der Waals surface area contributed by atoms with E-state index in [1.807, 2.05) is 24.3 Å². The molecule has 0 aliphatic rings. The van der Waals surface area contributed by atoms with E-state index >= 15 is 0 Å². The zero-order valence-corrected chi connectivity index (χ0v) is 21.2. The molecule has 0 rings (SSSR count). The Morgan fingerprint density at radius 3 is 2.06 bits per heavy atom. The first-order chi connectivity index (χ1) is 15.5. The topological polar surface area (TPSA) is 23.8 Å². The lowest BCUT2D eigenvalue weighted by Gasteiger charge is -2.21. The van der Waals surface area contributed by atoms with Crippen molar-refractivity contribution in [1.29, 1.82) is 5.26 Å². The molecule has 1 heteroatoms. The Hall–Kier alpha value is -2.07. The summed E-state index contributed by atoms with van der Waals surface area (Å²) in [5.74, 6) is 2.56. The quantitative estimate of drug-likeness (QED) is 0.106. The van der Waals surface area contributed by atoms with Crippen LogP contribution in [0.15, 0.2) is 73.9 Å². The van der Waals surface area contributed by atoms with Crippen molar-refractivity contribution in [3.05, 3.63) is 73.9 Å². The molecule has 4 atom stereocenters. The predicted octanol–water partition coefficient (Wildman–Crippen LogP) is 9.92. The summed E-state index contributed by atoms with van der Waals surface area (Å²) in [5.41, 5.74) is 0. The molecule has 0 saturated heterocycles. The summed E-state index contributed by atoms with van der Waals surface area (Å²) < 4.78 is 0. The molecule has 0 aromatic heterocycles. The van der Waals surface area contributed by atoms with Crippen LogP contribution < -0.4 is 0 Å². The average Bonchev–Trinajstić information content (AvgIpc) is 2.80. The molecule has 0 heterocycles. The lowest BCUT2D eigenvalue weighted by atomic mass is 9.85. The maximum absolute atomic E-state index is 9.27. The largest absolute Gasteiger partial charge is 0.198 e. The van der Waals surface area contributed by atoms with Crippen molar-refractivity contribution in [3.63, 3.8) is 0 Å². The van der Waals surface area contributed by atoms with Gasteiger partial charge in [-0.1, -0.05) is 120 Å². The first-order valence-corrected chi connectivity index (χ1v) is 12.8. The van der Waals surface area contributed by atoms with E-state index in [1.54, 1.807) is 6.08 Å². The van der Waals surface area contributed by atoms with Crippen LogP contribution in [-0.4, -0.2) is 0 Å². The van der Waals surface area contributed by atoms with Gasteiger partial charge in [0, 0.05) is 0 Å². The molecule has 0 saturated carbocycles. The van der Waals surface area contributed by atoms with Crippen molar-refractivity contribution in [2.24, 2.45) is 23.7 Å². The molecule has 0 spiro atoms. The highest BCUT2D eigenvalue weighted by molar-refractivity contribution is 5.09. The van der Waals surface area contributed by atoms with Gasteiger partial charge >= 0.3 is 0 Å². The van der Waals surface area contributed by atoms with E-state index in [4.69, 9.17) is 0 Å². The third kappa shape index (κ3) is 18.7. The van der Waals surface area contributed by atoms with Gasteiger partial charge in [0.2, 0.25) is 0 Å². The van der Waals surface area contributed by atoms with Crippen molar-refractivity contribution >= 4 is 0 Å². The number of hydrogen-bond donors (Lipinski definition) is 0. The highest BCUT2D eigenvalue weighted by Gasteiger charge is 2.13. The van der Waals surface area contributed by atoms with Crippen molar-refractivity contribution in [1.82, 2.24) is 0 Å². The van der Waals surface area contributed by atoms with E-state index in [0.29, 0.717) is 0 Å². The Kier molecular flexibility index (Phi) is 20.7. The highest BCUT2D eigenvalue weighted by Crippen LogP contribution is 2.25. The van der Waals surface area contributed by atoms with Crippen molar-refractivity contribution in [3.8, 4) is 6.07 Å². The number of allylic oxidation sites excluding steroid dienone is 10. The molecule has 0 radical (unpaired) electrons. The van der Waals surface area contributed by atoms with Crippen LogP contribution in [0.1, 0.15) is 91.4 Å². The maximum atomic E-state index is 9.27. The number of nitrogens with zero attached hydrogens (tertiary/aromatic N) is 1. The fourth-order valence-corrected chi connectivity index (χ4v) is 3.80. The van der Waals surface area contributed by atoms with Crippen LogP contribution in [0.2, 0.25) is 0 Å². The van der Waals surface area contributed by atoms with Crippen molar-refractivity contribution < 1.29 is 0 Å². The third-order valence-electron chi connectivity index (χ3n) is 6.41. The number of nitriles is 1. The van der Waals surface area contributed by atoms with Gasteiger partial charge in [0.05, 0.1) is 12.0 Å². The van der Waals surface area contributed by atoms with Crippen molar-refractivity contribution in [2.75, 3.05) is 0 Å². The molecule has 0 aliphatic carbocycles. The van der Waals surface area contributed by atoms with Gasteiger partial charge < -0.3 is 0 Å². The van der Waals surface area contributed by atoms with E-state index in [2.05, 4.69) is 70.4 Å². The Balaban J connectivity index is 3.80. The fourth-order valence-electron chi connectivity index (χ4n) is 3.80. The lowest BCUT2D eigenvalue weighted by molar-refractivity contribution is 0.311. The molecule has 0 aliphatic heterocycles. The Morgan fingerprint density at radius 1 is 0.656 bits per heavy atom. The maximum Gasteiger partial charge on any atom is 0.0659 e. The van der Waals surface area contributed by atoms with Crippen LogP contribution in [0.5, 0.6) is 0 Å². The molecule has 178 valence electrons. The minimum Gasteiger partial charge on any atom is -0.198 e.